The molecule has 2 amide bonds. The fourth-order valence-corrected chi connectivity index (χ4v) is 2.82. The summed E-state index contributed by atoms with van der Waals surface area (Å²) < 4.78 is 0. The first-order valence-corrected chi connectivity index (χ1v) is 9.42. The molecule has 0 aliphatic carbocycles. The summed E-state index contributed by atoms with van der Waals surface area (Å²) in [6.45, 7) is 3.59. The number of carbonyl (C=O) groups excluding carboxylic acids is 1. The molecule has 0 aromatic heterocycles. The molecule has 2 aromatic carbocycles. The second-order valence-electron chi connectivity index (χ2n) is 6.26. The van der Waals surface area contributed by atoms with Gasteiger partial charge in [-0.3, -0.25) is 0 Å². The molecule has 3 nitrogen and oxygen atoms in total. The molecule has 0 radical (unpaired) electrons. The monoisotopic (exact) mass is 358 g/mol. The number of nitrogens with one attached hydrogen (secondary N) is 1. The van der Waals surface area contributed by atoms with E-state index in [-0.39, 0.29) is 6.03 Å². The molecule has 25 heavy (non-hydrogen) atoms. The van der Waals surface area contributed by atoms with Crippen molar-refractivity contribution in [3.05, 3.63) is 65.2 Å². The predicted octanol–water partition coefficient (Wildman–Crippen LogP) is 6.34. The van der Waals surface area contributed by atoms with E-state index >= 15 is 0 Å². The maximum atomic E-state index is 12.7. The third-order valence-electron chi connectivity index (χ3n) is 4.13. The van der Waals surface area contributed by atoms with Crippen LogP contribution in [0.5, 0.6) is 0 Å². The summed E-state index contributed by atoms with van der Waals surface area (Å²) in [5, 5.41) is 3.63. The van der Waals surface area contributed by atoms with Crippen LogP contribution in [0.2, 0.25) is 5.02 Å². The number of anilines is 1. The highest BCUT2D eigenvalue weighted by molar-refractivity contribution is 6.30. The summed E-state index contributed by atoms with van der Waals surface area (Å²) in [6.07, 6.45) is 5.91. The molecule has 0 heterocycles. The van der Waals surface area contributed by atoms with Crippen LogP contribution >= 0.6 is 11.6 Å². The number of rotatable bonds is 9. The van der Waals surface area contributed by atoms with Crippen LogP contribution in [0.3, 0.4) is 0 Å². The van der Waals surface area contributed by atoms with E-state index in [1.54, 1.807) is 12.1 Å². The molecule has 2 rings (SSSR count). The highest BCUT2D eigenvalue weighted by Gasteiger charge is 2.14. The van der Waals surface area contributed by atoms with Gasteiger partial charge in [0.1, 0.15) is 0 Å². The quantitative estimate of drug-likeness (QED) is 0.521. The van der Waals surface area contributed by atoms with Crippen molar-refractivity contribution >= 4 is 23.3 Å². The number of amides is 2. The summed E-state index contributed by atoms with van der Waals surface area (Å²) >= 11 is 5.91. The van der Waals surface area contributed by atoms with E-state index in [9.17, 15) is 4.79 Å². The van der Waals surface area contributed by atoms with Gasteiger partial charge in [-0.25, -0.2) is 4.79 Å². The Hall–Kier alpha value is -2.00. The molecule has 0 spiro atoms. The molecular formula is C21H27ClN2O. The van der Waals surface area contributed by atoms with Gasteiger partial charge in [0, 0.05) is 23.8 Å². The summed E-state index contributed by atoms with van der Waals surface area (Å²) in [4.78, 5) is 14.6. The van der Waals surface area contributed by atoms with Crippen molar-refractivity contribution in [3.8, 4) is 0 Å². The Balaban J connectivity index is 1.96. The van der Waals surface area contributed by atoms with Crippen molar-refractivity contribution in [3.63, 3.8) is 0 Å². The lowest BCUT2D eigenvalue weighted by Gasteiger charge is -2.23. The lowest BCUT2D eigenvalue weighted by molar-refractivity contribution is 0.207. The maximum absolute atomic E-state index is 12.7. The van der Waals surface area contributed by atoms with Gasteiger partial charge < -0.3 is 10.2 Å². The molecule has 4 heteroatoms. The van der Waals surface area contributed by atoms with Crippen LogP contribution in [0, 0.1) is 0 Å². The fourth-order valence-electron chi connectivity index (χ4n) is 2.70. The lowest BCUT2D eigenvalue weighted by Crippen LogP contribution is -2.35. The van der Waals surface area contributed by atoms with Crippen molar-refractivity contribution in [2.75, 3.05) is 11.9 Å². The van der Waals surface area contributed by atoms with Gasteiger partial charge in [-0.1, -0.05) is 74.5 Å². The minimum atomic E-state index is -0.0679. The van der Waals surface area contributed by atoms with Crippen molar-refractivity contribution in [2.45, 2.75) is 45.6 Å². The van der Waals surface area contributed by atoms with Crippen LogP contribution in [-0.2, 0) is 6.54 Å². The Bertz CT molecular complexity index is 628. The highest BCUT2D eigenvalue weighted by atomic mass is 35.5. The van der Waals surface area contributed by atoms with Crippen LogP contribution < -0.4 is 5.32 Å². The van der Waals surface area contributed by atoms with Crippen molar-refractivity contribution in [2.24, 2.45) is 0 Å². The van der Waals surface area contributed by atoms with Gasteiger partial charge in [-0.2, -0.15) is 0 Å². The van der Waals surface area contributed by atoms with Crippen LogP contribution in [0.4, 0.5) is 10.5 Å². The molecule has 0 atom stereocenters. The number of urea groups is 1. The average Bonchev–Trinajstić information content (AvgIpc) is 2.63. The summed E-state index contributed by atoms with van der Waals surface area (Å²) in [7, 11) is 0. The van der Waals surface area contributed by atoms with Crippen molar-refractivity contribution in [1.82, 2.24) is 4.90 Å². The minimum absolute atomic E-state index is 0.0679. The summed E-state index contributed by atoms with van der Waals surface area (Å²) in [5.41, 5.74) is 1.90. The molecule has 0 aliphatic heterocycles. The molecule has 1 N–H and O–H groups in total. The van der Waals surface area contributed by atoms with E-state index in [2.05, 4.69) is 24.4 Å². The molecule has 0 fully saturated rings. The Morgan fingerprint density at radius 1 is 0.960 bits per heavy atom. The molecular weight excluding hydrogens is 332 g/mol. The Kier molecular flexibility index (Phi) is 8.33. The van der Waals surface area contributed by atoms with E-state index < -0.39 is 0 Å². The standard InChI is InChI=1S/C21H27ClN2O/c1-2-3-4-5-9-16-24(17-18-10-7-6-8-11-18)21(25)23-20-14-12-19(22)13-15-20/h6-8,10-15H,2-5,9,16-17H2,1H3,(H,23,25). The number of halogens is 1. The van der Waals surface area contributed by atoms with Crippen LogP contribution in [0.15, 0.2) is 54.6 Å². The normalized spacial score (nSPS) is 10.5. The van der Waals surface area contributed by atoms with Gasteiger partial charge in [-0.05, 0) is 36.2 Å². The number of nitrogens with zero attached hydrogens (tertiary/aromatic N) is 1. The molecule has 2 aromatic rings. The molecule has 134 valence electrons. The maximum Gasteiger partial charge on any atom is 0.322 e. The Morgan fingerprint density at radius 3 is 2.32 bits per heavy atom. The molecule has 0 unspecified atom stereocenters. The van der Waals surface area contributed by atoms with E-state index in [1.165, 1.54) is 19.3 Å². The number of hydrogen-bond acceptors (Lipinski definition) is 1. The number of carbonyl (C=O) groups is 1. The van der Waals surface area contributed by atoms with Crippen molar-refractivity contribution < 1.29 is 4.79 Å². The molecule has 0 aliphatic rings. The molecule has 0 saturated carbocycles. The van der Waals surface area contributed by atoms with Gasteiger partial charge in [0.2, 0.25) is 0 Å². The minimum Gasteiger partial charge on any atom is -0.320 e. The van der Waals surface area contributed by atoms with Gasteiger partial charge in [0.25, 0.3) is 0 Å². The van der Waals surface area contributed by atoms with Crippen LogP contribution in [-0.4, -0.2) is 17.5 Å². The highest BCUT2D eigenvalue weighted by Crippen LogP contribution is 2.15. The SMILES string of the molecule is CCCCCCCN(Cc1ccccc1)C(=O)Nc1ccc(Cl)cc1. The Morgan fingerprint density at radius 2 is 1.64 bits per heavy atom. The van der Waals surface area contributed by atoms with E-state index in [1.807, 2.05) is 35.2 Å². The van der Waals surface area contributed by atoms with Crippen LogP contribution in [0.25, 0.3) is 0 Å². The predicted molar refractivity (Wildman–Crippen MR) is 106 cm³/mol. The topological polar surface area (TPSA) is 32.3 Å². The van der Waals surface area contributed by atoms with Gasteiger partial charge in [0.05, 0.1) is 0 Å². The Labute approximate surface area is 156 Å². The number of benzene rings is 2. The van der Waals surface area contributed by atoms with Gasteiger partial charge in [-0.15, -0.1) is 0 Å². The summed E-state index contributed by atoms with van der Waals surface area (Å²) in [6, 6.07) is 17.3. The number of hydrogen-bond donors (Lipinski definition) is 1. The van der Waals surface area contributed by atoms with Gasteiger partial charge >= 0.3 is 6.03 Å². The largest absolute Gasteiger partial charge is 0.322 e. The van der Waals surface area contributed by atoms with Crippen molar-refractivity contribution in [1.29, 1.82) is 0 Å². The first-order chi connectivity index (χ1) is 12.2. The average molecular weight is 359 g/mol. The zero-order chi connectivity index (χ0) is 17.9. The van der Waals surface area contributed by atoms with E-state index in [0.717, 1.165) is 30.6 Å². The first kappa shape index (κ1) is 19.3. The van der Waals surface area contributed by atoms with E-state index in [0.29, 0.717) is 11.6 Å². The third kappa shape index (κ3) is 7.18. The molecule has 0 bridgehead atoms. The smallest absolute Gasteiger partial charge is 0.320 e. The lowest BCUT2D eigenvalue weighted by atomic mass is 10.1. The van der Waals surface area contributed by atoms with E-state index in [4.69, 9.17) is 11.6 Å². The molecule has 0 saturated heterocycles. The van der Waals surface area contributed by atoms with Crippen LogP contribution in [0.1, 0.15) is 44.6 Å². The number of unbranched alkanes of at least 4 members (excludes halogenated alkanes) is 4. The second-order valence-corrected chi connectivity index (χ2v) is 6.69. The zero-order valence-corrected chi connectivity index (χ0v) is 15.6. The first-order valence-electron chi connectivity index (χ1n) is 9.04. The second kappa shape index (κ2) is 10.8. The fraction of sp³-hybridized carbons (Fsp3) is 0.381. The van der Waals surface area contributed by atoms with Gasteiger partial charge in [0.15, 0.2) is 0 Å². The zero-order valence-electron chi connectivity index (χ0n) is 14.9. The summed E-state index contributed by atoms with van der Waals surface area (Å²) in [5.74, 6) is 0. The third-order valence-corrected chi connectivity index (χ3v) is 4.38.